The molecule has 0 saturated carbocycles. The van der Waals surface area contributed by atoms with E-state index in [4.69, 9.17) is 4.74 Å². The number of esters is 1. The number of hydrogen-bond acceptors (Lipinski definition) is 4. The van der Waals surface area contributed by atoms with Crippen LogP contribution in [-0.4, -0.2) is 28.6 Å². The first-order valence-electron chi connectivity index (χ1n) is 5.63. The summed E-state index contributed by atoms with van der Waals surface area (Å²) in [5, 5.41) is 6.63. The van der Waals surface area contributed by atoms with Crippen LogP contribution in [0.2, 0.25) is 0 Å². The molecule has 18 heavy (non-hydrogen) atoms. The van der Waals surface area contributed by atoms with Crippen LogP contribution in [-0.2, 0) is 4.74 Å². The lowest BCUT2D eigenvalue weighted by molar-refractivity contribution is 0.0516. The van der Waals surface area contributed by atoms with Crippen molar-refractivity contribution < 1.29 is 14.3 Å². The van der Waals surface area contributed by atoms with E-state index in [1.54, 1.807) is 19.1 Å². The quantitative estimate of drug-likeness (QED) is 0.695. The maximum Gasteiger partial charge on any atom is 0.357 e. The van der Waals surface area contributed by atoms with Crippen molar-refractivity contribution in [2.75, 3.05) is 6.61 Å². The van der Waals surface area contributed by atoms with Crippen molar-refractivity contribution in [1.82, 2.24) is 10.2 Å². The van der Waals surface area contributed by atoms with Crippen LogP contribution in [0.15, 0.2) is 24.3 Å². The molecule has 3 rings (SSSR count). The average molecular weight is 242 g/mol. The highest BCUT2D eigenvalue weighted by Crippen LogP contribution is 2.36. The zero-order chi connectivity index (χ0) is 12.7. The predicted molar refractivity (Wildman–Crippen MR) is 63.4 cm³/mol. The summed E-state index contributed by atoms with van der Waals surface area (Å²) in [6.45, 7) is 1.97. The number of ether oxygens (including phenoxy) is 1. The first-order valence-corrected chi connectivity index (χ1v) is 5.63. The molecule has 90 valence electrons. The molecule has 0 atom stereocenters. The maximum atomic E-state index is 12.2. The van der Waals surface area contributed by atoms with Gasteiger partial charge in [-0.25, -0.2) is 4.79 Å². The van der Waals surface area contributed by atoms with Crippen LogP contribution >= 0.6 is 0 Å². The normalized spacial score (nSPS) is 12.2. The fraction of sp³-hybridized carbons (Fsp3) is 0.154. The van der Waals surface area contributed by atoms with E-state index in [0.717, 1.165) is 5.56 Å². The van der Waals surface area contributed by atoms with Crippen LogP contribution in [0.4, 0.5) is 0 Å². The van der Waals surface area contributed by atoms with Gasteiger partial charge in [0.25, 0.3) is 0 Å². The Balaban J connectivity index is 2.15. The Morgan fingerprint density at radius 2 is 2.06 bits per heavy atom. The third-order valence-corrected chi connectivity index (χ3v) is 2.90. The molecule has 1 aromatic carbocycles. The smallest absolute Gasteiger partial charge is 0.357 e. The van der Waals surface area contributed by atoms with Gasteiger partial charge in [0.15, 0.2) is 11.5 Å². The standard InChI is InChI=1S/C13H10N2O3/c1-2-18-13(17)11-9-10(14-15-11)7-5-3-4-6-8(7)12(9)16/h3-6H,2H2,1H3,(H,14,15). The highest BCUT2D eigenvalue weighted by atomic mass is 16.5. The van der Waals surface area contributed by atoms with E-state index < -0.39 is 5.97 Å². The average Bonchev–Trinajstić information content (AvgIpc) is 2.92. The molecule has 1 N–H and O–H groups in total. The van der Waals surface area contributed by atoms with Crippen molar-refractivity contribution in [3.8, 4) is 11.3 Å². The molecule has 1 aliphatic carbocycles. The van der Waals surface area contributed by atoms with Gasteiger partial charge in [-0.05, 0) is 6.92 Å². The Morgan fingerprint density at radius 3 is 2.78 bits per heavy atom. The van der Waals surface area contributed by atoms with Crippen molar-refractivity contribution in [3.05, 3.63) is 41.1 Å². The van der Waals surface area contributed by atoms with Gasteiger partial charge >= 0.3 is 5.97 Å². The number of aromatic amines is 1. The Hall–Kier alpha value is -2.43. The summed E-state index contributed by atoms with van der Waals surface area (Å²) in [5.74, 6) is -0.732. The number of fused-ring (bicyclic) bond motifs is 3. The molecule has 5 nitrogen and oxygen atoms in total. The number of rotatable bonds is 2. The molecule has 0 aliphatic heterocycles. The van der Waals surface area contributed by atoms with Crippen molar-refractivity contribution in [2.45, 2.75) is 6.92 Å². The van der Waals surface area contributed by atoms with E-state index in [1.165, 1.54) is 0 Å². The number of hydrogen-bond donors (Lipinski definition) is 1. The summed E-state index contributed by atoms with van der Waals surface area (Å²) >= 11 is 0. The lowest BCUT2D eigenvalue weighted by atomic mass is 10.1. The van der Waals surface area contributed by atoms with Gasteiger partial charge in [0.2, 0.25) is 0 Å². The topological polar surface area (TPSA) is 72.1 Å². The number of carbonyl (C=O) groups excluding carboxylic acids is 2. The fourth-order valence-electron chi connectivity index (χ4n) is 2.13. The molecule has 1 aliphatic rings. The van der Waals surface area contributed by atoms with Crippen LogP contribution in [0.1, 0.15) is 33.3 Å². The van der Waals surface area contributed by atoms with Crippen LogP contribution in [0.3, 0.4) is 0 Å². The summed E-state index contributed by atoms with van der Waals surface area (Å²) < 4.78 is 4.90. The second kappa shape index (κ2) is 3.80. The van der Waals surface area contributed by atoms with Gasteiger partial charge in [0, 0.05) is 11.1 Å². The molecule has 0 saturated heterocycles. The third-order valence-electron chi connectivity index (χ3n) is 2.90. The summed E-state index contributed by atoms with van der Waals surface area (Å²) in [6, 6.07) is 7.17. The molecular formula is C13H10N2O3. The second-order valence-corrected chi connectivity index (χ2v) is 3.92. The van der Waals surface area contributed by atoms with Crippen molar-refractivity contribution >= 4 is 11.8 Å². The van der Waals surface area contributed by atoms with E-state index in [1.807, 2.05) is 12.1 Å². The van der Waals surface area contributed by atoms with Crippen LogP contribution in [0, 0.1) is 0 Å². The highest BCUT2D eigenvalue weighted by molar-refractivity contribution is 6.24. The molecule has 1 heterocycles. The predicted octanol–water partition coefficient (Wildman–Crippen LogP) is 1.80. The van der Waals surface area contributed by atoms with E-state index in [9.17, 15) is 9.59 Å². The zero-order valence-electron chi connectivity index (χ0n) is 9.69. The van der Waals surface area contributed by atoms with Gasteiger partial charge < -0.3 is 4.74 Å². The summed E-state index contributed by atoms with van der Waals surface area (Å²) in [5.41, 5.74) is 2.31. The van der Waals surface area contributed by atoms with Crippen LogP contribution in [0.5, 0.6) is 0 Å². The van der Waals surface area contributed by atoms with E-state index >= 15 is 0 Å². The lowest BCUT2D eigenvalue weighted by Crippen LogP contribution is -2.10. The fourth-order valence-corrected chi connectivity index (χ4v) is 2.13. The SMILES string of the molecule is CCOC(=O)c1[nH]nc2c1C(=O)c1ccccc1-2. The number of nitrogens with one attached hydrogen (secondary N) is 1. The molecule has 1 aromatic heterocycles. The van der Waals surface area contributed by atoms with E-state index in [0.29, 0.717) is 16.8 Å². The number of benzene rings is 1. The number of carbonyl (C=O) groups is 2. The van der Waals surface area contributed by atoms with Crippen molar-refractivity contribution in [2.24, 2.45) is 0 Å². The van der Waals surface area contributed by atoms with E-state index in [-0.39, 0.29) is 18.1 Å². The molecular weight excluding hydrogens is 232 g/mol. The molecule has 5 heteroatoms. The Morgan fingerprint density at radius 1 is 1.33 bits per heavy atom. The largest absolute Gasteiger partial charge is 0.461 e. The molecule has 2 aromatic rings. The van der Waals surface area contributed by atoms with E-state index in [2.05, 4.69) is 10.2 Å². The van der Waals surface area contributed by atoms with Gasteiger partial charge in [-0.2, -0.15) is 5.10 Å². The molecule has 0 radical (unpaired) electrons. The Bertz CT molecular complexity index is 658. The molecule has 0 fully saturated rings. The van der Waals surface area contributed by atoms with Gasteiger partial charge in [-0.3, -0.25) is 9.89 Å². The molecule has 0 bridgehead atoms. The third kappa shape index (κ3) is 1.30. The maximum absolute atomic E-state index is 12.2. The van der Waals surface area contributed by atoms with Crippen LogP contribution in [0.25, 0.3) is 11.3 Å². The number of nitrogens with zero attached hydrogens (tertiary/aromatic N) is 1. The van der Waals surface area contributed by atoms with Crippen molar-refractivity contribution in [1.29, 1.82) is 0 Å². The summed E-state index contributed by atoms with van der Waals surface area (Å²) in [6.07, 6.45) is 0. The Labute approximate surface area is 103 Å². The first-order chi connectivity index (χ1) is 8.74. The van der Waals surface area contributed by atoms with Gasteiger partial charge in [0.05, 0.1) is 12.2 Å². The molecule has 0 unspecified atom stereocenters. The summed E-state index contributed by atoms with van der Waals surface area (Å²) in [7, 11) is 0. The second-order valence-electron chi connectivity index (χ2n) is 3.92. The minimum atomic E-state index is -0.549. The lowest BCUT2D eigenvalue weighted by Gasteiger charge is -2.00. The monoisotopic (exact) mass is 242 g/mol. The van der Waals surface area contributed by atoms with Gasteiger partial charge in [-0.1, -0.05) is 24.3 Å². The number of H-pyrrole nitrogens is 1. The van der Waals surface area contributed by atoms with Crippen LogP contribution < -0.4 is 0 Å². The first kappa shape index (κ1) is 10.7. The highest BCUT2D eigenvalue weighted by Gasteiger charge is 2.34. The zero-order valence-corrected chi connectivity index (χ0v) is 9.69. The minimum Gasteiger partial charge on any atom is -0.461 e. The van der Waals surface area contributed by atoms with Gasteiger partial charge in [-0.15, -0.1) is 0 Å². The minimum absolute atomic E-state index is 0.132. The molecule has 0 spiro atoms. The number of ketones is 1. The summed E-state index contributed by atoms with van der Waals surface area (Å²) in [4.78, 5) is 23.9. The molecule has 0 amide bonds. The Kier molecular flexibility index (Phi) is 2.26. The van der Waals surface area contributed by atoms with Crippen molar-refractivity contribution in [3.63, 3.8) is 0 Å². The van der Waals surface area contributed by atoms with Gasteiger partial charge in [0.1, 0.15) is 5.69 Å². The number of aromatic nitrogens is 2.